The van der Waals surface area contributed by atoms with Crippen molar-refractivity contribution in [3.8, 4) is 17.1 Å². The van der Waals surface area contributed by atoms with Crippen LogP contribution in [-0.2, 0) is 6.42 Å². The van der Waals surface area contributed by atoms with Crippen molar-refractivity contribution in [1.29, 1.82) is 0 Å². The highest BCUT2D eigenvalue weighted by molar-refractivity contribution is 5.56. The summed E-state index contributed by atoms with van der Waals surface area (Å²) in [6.45, 7) is 1.74. The van der Waals surface area contributed by atoms with Gasteiger partial charge in [0.15, 0.2) is 5.82 Å². The molecule has 0 saturated heterocycles. The minimum absolute atomic E-state index is 0.232. The minimum atomic E-state index is -0.232. The third-order valence-electron chi connectivity index (χ3n) is 4.01. The lowest BCUT2D eigenvalue weighted by atomic mass is 10.1. The Hall–Kier alpha value is -3.28. The van der Waals surface area contributed by atoms with Crippen molar-refractivity contribution >= 4 is 0 Å². The smallest absolute Gasteiger partial charge is 0.181 e. The maximum absolute atomic E-state index is 13.6. The Morgan fingerprint density at radius 3 is 2.68 bits per heavy atom. The lowest BCUT2D eigenvalue weighted by Crippen LogP contribution is -2.03. The Bertz CT molecular complexity index is 990. The fourth-order valence-electron chi connectivity index (χ4n) is 2.70. The second kappa shape index (κ2) is 6.32. The van der Waals surface area contributed by atoms with Crippen LogP contribution in [0.2, 0.25) is 0 Å². The molecular weight excluding hydrogens is 317 g/mol. The standard InChI is InChI=1S/C19H16FN5/c1-13-9-15(7-8-17(13)20)19-23-18(10-14-11-21-22-12-14)25(24-19)16-5-3-2-4-6-16/h2-9,11-12H,10H2,1H3,(H,21,22). The predicted octanol–water partition coefficient (Wildman–Crippen LogP) is 3.70. The number of benzene rings is 2. The van der Waals surface area contributed by atoms with Crippen LogP contribution in [0.5, 0.6) is 0 Å². The topological polar surface area (TPSA) is 59.4 Å². The number of nitrogens with one attached hydrogen (secondary N) is 1. The summed E-state index contributed by atoms with van der Waals surface area (Å²) < 4.78 is 15.4. The molecule has 2 aromatic carbocycles. The van der Waals surface area contributed by atoms with E-state index in [9.17, 15) is 4.39 Å². The molecule has 0 atom stereocenters. The van der Waals surface area contributed by atoms with Gasteiger partial charge in [-0.15, -0.1) is 5.10 Å². The summed E-state index contributed by atoms with van der Waals surface area (Å²) in [4.78, 5) is 4.69. The summed E-state index contributed by atoms with van der Waals surface area (Å²) in [6, 6.07) is 14.8. The lowest BCUT2D eigenvalue weighted by Gasteiger charge is -2.04. The van der Waals surface area contributed by atoms with E-state index in [4.69, 9.17) is 4.98 Å². The highest BCUT2D eigenvalue weighted by Crippen LogP contribution is 2.22. The summed E-state index contributed by atoms with van der Waals surface area (Å²) >= 11 is 0. The number of aryl methyl sites for hydroxylation is 1. The van der Waals surface area contributed by atoms with Crippen LogP contribution in [0.4, 0.5) is 4.39 Å². The normalized spacial score (nSPS) is 11.0. The number of rotatable bonds is 4. The van der Waals surface area contributed by atoms with Gasteiger partial charge in [0.1, 0.15) is 11.6 Å². The monoisotopic (exact) mass is 333 g/mol. The van der Waals surface area contributed by atoms with Gasteiger partial charge >= 0.3 is 0 Å². The molecule has 0 aliphatic rings. The molecule has 2 aromatic heterocycles. The van der Waals surface area contributed by atoms with Gasteiger partial charge in [-0.05, 0) is 48.4 Å². The van der Waals surface area contributed by atoms with E-state index in [1.54, 1.807) is 25.3 Å². The zero-order chi connectivity index (χ0) is 17.2. The molecule has 0 fully saturated rings. The second-order valence-corrected chi connectivity index (χ2v) is 5.85. The lowest BCUT2D eigenvalue weighted by molar-refractivity contribution is 0.618. The van der Waals surface area contributed by atoms with Crippen LogP contribution < -0.4 is 0 Å². The van der Waals surface area contributed by atoms with Crippen LogP contribution in [0.1, 0.15) is 17.0 Å². The quantitative estimate of drug-likeness (QED) is 0.619. The Kier molecular flexibility index (Phi) is 3.85. The van der Waals surface area contributed by atoms with Crippen LogP contribution in [0, 0.1) is 12.7 Å². The molecule has 4 rings (SSSR count). The number of H-pyrrole nitrogens is 1. The Morgan fingerprint density at radius 2 is 1.96 bits per heavy atom. The number of para-hydroxylation sites is 1. The Balaban J connectivity index is 1.81. The maximum atomic E-state index is 13.6. The fraction of sp³-hybridized carbons (Fsp3) is 0.105. The zero-order valence-corrected chi connectivity index (χ0v) is 13.6. The maximum Gasteiger partial charge on any atom is 0.181 e. The van der Waals surface area contributed by atoms with Gasteiger partial charge in [-0.1, -0.05) is 18.2 Å². The summed E-state index contributed by atoms with van der Waals surface area (Å²) in [5.74, 6) is 1.14. The summed E-state index contributed by atoms with van der Waals surface area (Å²) in [6.07, 6.45) is 4.20. The number of aromatic nitrogens is 5. The van der Waals surface area contributed by atoms with Crippen LogP contribution in [0.25, 0.3) is 17.1 Å². The zero-order valence-electron chi connectivity index (χ0n) is 13.6. The highest BCUT2D eigenvalue weighted by atomic mass is 19.1. The molecule has 0 saturated carbocycles. The van der Waals surface area contributed by atoms with Gasteiger partial charge in [-0.25, -0.2) is 14.1 Å². The first-order valence-electron chi connectivity index (χ1n) is 7.96. The number of halogens is 1. The molecule has 0 unspecified atom stereocenters. The van der Waals surface area contributed by atoms with E-state index < -0.39 is 0 Å². The number of hydrogen-bond acceptors (Lipinski definition) is 3. The van der Waals surface area contributed by atoms with E-state index in [1.807, 2.05) is 41.2 Å². The van der Waals surface area contributed by atoms with Gasteiger partial charge in [0.2, 0.25) is 0 Å². The first kappa shape index (κ1) is 15.3. The molecule has 0 bridgehead atoms. The van der Waals surface area contributed by atoms with Gasteiger partial charge in [0.25, 0.3) is 0 Å². The van der Waals surface area contributed by atoms with Crippen molar-refractivity contribution in [3.05, 3.63) is 83.7 Å². The van der Waals surface area contributed by atoms with Crippen molar-refractivity contribution in [2.75, 3.05) is 0 Å². The number of aromatic amines is 1. The second-order valence-electron chi connectivity index (χ2n) is 5.85. The molecule has 0 amide bonds. The van der Waals surface area contributed by atoms with Crippen molar-refractivity contribution in [2.24, 2.45) is 0 Å². The third kappa shape index (κ3) is 3.06. The molecule has 25 heavy (non-hydrogen) atoms. The Labute approximate surface area is 144 Å². The van der Waals surface area contributed by atoms with E-state index in [0.717, 1.165) is 22.6 Å². The molecular formula is C19H16FN5. The molecule has 0 radical (unpaired) electrons. The molecule has 0 spiro atoms. The molecule has 4 aromatic rings. The largest absolute Gasteiger partial charge is 0.285 e. The van der Waals surface area contributed by atoms with Gasteiger partial charge in [-0.3, -0.25) is 5.10 Å². The fourth-order valence-corrected chi connectivity index (χ4v) is 2.70. The number of nitrogens with zero attached hydrogens (tertiary/aromatic N) is 4. The molecule has 0 aliphatic carbocycles. The highest BCUT2D eigenvalue weighted by Gasteiger charge is 2.15. The van der Waals surface area contributed by atoms with Gasteiger partial charge in [-0.2, -0.15) is 5.10 Å². The summed E-state index contributed by atoms with van der Waals surface area (Å²) in [7, 11) is 0. The van der Waals surface area contributed by atoms with Crippen LogP contribution in [0.3, 0.4) is 0 Å². The molecule has 124 valence electrons. The molecule has 0 aliphatic heterocycles. The van der Waals surface area contributed by atoms with Crippen molar-refractivity contribution in [3.63, 3.8) is 0 Å². The summed E-state index contributed by atoms with van der Waals surface area (Å²) in [5, 5.41) is 11.4. The molecule has 1 N–H and O–H groups in total. The average Bonchev–Trinajstić information content (AvgIpc) is 3.28. The van der Waals surface area contributed by atoms with Crippen LogP contribution in [0.15, 0.2) is 60.9 Å². The van der Waals surface area contributed by atoms with E-state index in [2.05, 4.69) is 15.3 Å². The summed E-state index contributed by atoms with van der Waals surface area (Å²) in [5.41, 5.74) is 3.32. The Morgan fingerprint density at radius 1 is 1.12 bits per heavy atom. The minimum Gasteiger partial charge on any atom is -0.285 e. The molecule has 2 heterocycles. The number of hydrogen-bond donors (Lipinski definition) is 1. The average molecular weight is 333 g/mol. The van der Waals surface area contributed by atoms with Gasteiger partial charge in [0, 0.05) is 18.2 Å². The van der Waals surface area contributed by atoms with Crippen LogP contribution in [-0.4, -0.2) is 25.0 Å². The SMILES string of the molecule is Cc1cc(-c2nc(Cc3cn[nH]c3)n(-c3ccccc3)n2)ccc1F. The van der Waals surface area contributed by atoms with E-state index >= 15 is 0 Å². The predicted molar refractivity (Wildman–Crippen MR) is 92.9 cm³/mol. The first-order chi connectivity index (χ1) is 12.2. The van der Waals surface area contributed by atoms with E-state index in [-0.39, 0.29) is 5.82 Å². The third-order valence-corrected chi connectivity index (χ3v) is 4.01. The van der Waals surface area contributed by atoms with Crippen molar-refractivity contribution in [1.82, 2.24) is 25.0 Å². The van der Waals surface area contributed by atoms with Crippen LogP contribution >= 0.6 is 0 Å². The first-order valence-corrected chi connectivity index (χ1v) is 7.96. The molecule has 6 heteroatoms. The van der Waals surface area contributed by atoms with E-state index in [0.29, 0.717) is 17.8 Å². The van der Waals surface area contributed by atoms with Gasteiger partial charge < -0.3 is 0 Å². The van der Waals surface area contributed by atoms with Gasteiger partial charge in [0.05, 0.1) is 11.9 Å². The van der Waals surface area contributed by atoms with Crippen molar-refractivity contribution < 1.29 is 4.39 Å². The van der Waals surface area contributed by atoms with E-state index in [1.165, 1.54) is 6.07 Å². The molecule has 5 nitrogen and oxygen atoms in total. The van der Waals surface area contributed by atoms with Crippen molar-refractivity contribution in [2.45, 2.75) is 13.3 Å².